The van der Waals surface area contributed by atoms with Gasteiger partial charge in [0.1, 0.15) is 5.01 Å². The number of nitrogens with zero attached hydrogens (tertiary/aromatic N) is 4. The van der Waals surface area contributed by atoms with Gasteiger partial charge in [0, 0.05) is 21.7 Å². The van der Waals surface area contributed by atoms with Crippen molar-refractivity contribution in [2.24, 2.45) is 0 Å². The number of fused-ring (bicyclic) bond motifs is 1. The SMILES string of the molecule is CC1CC(c2nn3c(-c4cc(Cl)cc(Cl)c4)nnc3s2)NN1. The van der Waals surface area contributed by atoms with E-state index in [9.17, 15) is 0 Å². The highest BCUT2D eigenvalue weighted by molar-refractivity contribution is 7.16. The molecule has 3 aromatic rings. The lowest BCUT2D eigenvalue weighted by molar-refractivity contribution is 0.555. The van der Waals surface area contributed by atoms with Crippen LogP contribution in [0.15, 0.2) is 18.2 Å². The third kappa shape index (κ3) is 2.49. The summed E-state index contributed by atoms with van der Waals surface area (Å²) in [6.45, 7) is 2.13. The lowest BCUT2D eigenvalue weighted by atomic mass is 10.2. The second-order valence-corrected chi connectivity index (χ2v) is 7.15. The fourth-order valence-corrected chi connectivity index (χ4v) is 3.94. The third-order valence-corrected chi connectivity index (χ3v) is 4.97. The molecular formula is C13H12Cl2N6S. The van der Waals surface area contributed by atoms with Crippen LogP contribution in [0.2, 0.25) is 10.0 Å². The van der Waals surface area contributed by atoms with Crippen molar-refractivity contribution in [3.05, 3.63) is 33.3 Å². The number of halogens is 2. The molecule has 22 heavy (non-hydrogen) atoms. The van der Waals surface area contributed by atoms with Crippen LogP contribution >= 0.6 is 34.5 Å². The summed E-state index contributed by atoms with van der Waals surface area (Å²) in [7, 11) is 0. The first-order valence-electron chi connectivity index (χ1n) is 6.80. The molecule has 2 aromatic heterocycles. The van der Waals surface area contributed by atoms with Gasteiger partial charge < -0.3 is 0 Å². The van der Waals surface area contributed by atoms with Gasteiger partial charge in [0.25, 0.3) is 0 Å². The highest BCUT2D eigenvalue weighted by Gasteiger charge is 2.26. The zero-order chi connectivity index (χ0) is 15.3. The Kier molecular flexibility index (Phi) is 3.54. The van der Waals surface area contributed by atoms with Crippen molar-refractivity contribution in [1.29, 1.82) is 0 Å². The molecule has 114 valence electrons. The molecule has 6 nitrogen and oxygen atoms in total. The van der Waals surface area contributed by atoms with Crippen molar-refractivity contribution in [3.8, 4) is 11.4 Å². The summed E-state index contributed by atoms with van der Waals surface area (Å²) in [5, 5.41) is 15.1. The van der Waals surface area contributed by atoms with E-state index >= 15 is 0 Å². The van der Waals surface area contributed by atoms with Gasteiger partial charge >= 0.3 is 0 Å². The first-order chi connectivity index (χ1) is 10.6. The molecule has 1 aliphatic rings. The molecule has 0 aliphatic carbocycles. The van der Waals surface area contributed by atoms with Crippen molar-refractivity contribution >= 4 is 39.5 Å². The van der Waals surface area contributed by atoms with Crippen LogP contribution in [0.3, 0.4) is 0 Å². The summed E-state index contributed by atoms with van der Waals surface area (Å²) in [5.41, 5.74) is 7.25. The predicted octanol–water partition coefficient (Wildman–Crippen LogP) is 3.09. The maximum absolute atomic E-state index is 6.07. The molecule has 2 unspecified atom stereocenters. The molecule has 9 heteroatoms. The van der Waals surface area contributed by atoms with E-state index in [-0.39, 0.29) is 6.04 Å². The van der Waals surface area contributed by atoms with Gasteiger partial charge in [0.15, 0.2) is 5.82 Å². The van der Waals surface area contributed by atoms with Crippen LogP contribution in [0.4, 0.5) is 0 Å². The van der Waals surface area contributed by atoms with E-state index in [0.717, 1.165) is 22.0 Å². The van der Waals surface area contributed by atoms with E-state index in [0.29, 0.717) is 21.9 Å². The summed E-state index contributed by atoms with van der Waals surface area (Å²) < 4.78 is 1.74. The summed E-state index contributed by atoms with van der Waals surface area (Å²) >= 11 is 13.7. The summed E-state index contributed by atoms with van der Waals surface area (Å²) in [4.78, 5) is 0.752. The fraction of sp³-hybridized carbons (Fsp3) is 0.308. The molecular weight excluding hydrogens is 343 g/mol. The van der Waals surface area contributed by atoms with Crippen LogP contribution in [-0.2, 0) is 0 Å². The van der Waals surface area contributed by atoms with Crippen molar-refractivity contribution in [2.75, 3.05) is 0 Å². The molecule has 2 N–H and O–H groups in total. The van der Waals surface area contributed by atoms with Gasteiger partial charge in [-0.05, 0) is 31.5 Å². The molecule has 0 spiro atoms. The zero-order valence-corrected chi connectivity index (χ0v) is 13.9. The van der Waals surface area contributed by atoms with Gasteiger partial charge in [0.05, 0.1) is 6.04 Å². The molecule has 2 atom stereocenters. The minimum Gasteiger partial charge on any atom is -0.254 e. The highest BCUT2D eigenvalue weighted by Crippen LogP contribution is 2.30. The molecule has 1 fully saturated rings. The second kappa shape index (κ2) is 5.43. The van der Waals surface area contributed by atoms with Crippen molar-refractivity contribution < 1.29 is 0 Å². The van der Waals surface area contributed by atoms with Crippen LogP contribution in [0.1, 0.15) is 24.4 Å². The van der Waals surface area contributed by atoms with Crippen molar-refractivity contribution in [3.63, 3.8) is 0 Å². The average Bonchev–Trinajstić information content (AvgIpc) is 3.11. The number of hydrogen-bond acceptors (Lipinski definition) is 6. The highest BCUT2D eigenvalue weighted by atomic mass is 35.5. The molecule has 3 heterocycles. The Bertz CT molecular complexity index is 824. The summed E-state index contributed by atoms with van der Waals surface area (Å²) in [5.74, 6) is 0.640. The first-order valence-corrected chi connectivity index (χ1v) is 8.37. The Labute approximate surface area is 140 Å². The van der Waals surface area contributed by atoms with Gasteiger partial charge in [-0.25, -0.2) is 5.43 Å². The Morgan fingerprint density at radius 1 is 1.18 bits per heavy atom. The van der Waals surface area contributed by atoms with E-state index in [4.69, 9.17) is 23.2 Å². The van der Waals surface area contributed by atoms with Gasteiger partial charge in [-0.3, -0.25) is 5.43 Å². The van der Waals surface area contributed by atoms with Crippen LogP contribution in [0, 0.1) is 0 Å². The van der Waals surface area contributed by atoms with E-state index in [1.165, 1.54) is 11.3 Å². The summed E-state index contributed by atoms with van der Waals surface area (Å²) in [6, 6.07) is 5.91. The zero-order valence-electron chi connectivity index (χ0n) is 11.5. The van der Waals surface area contributed by atoms with Crippen LogP contribution in [0.5, 0.6) is 0 Å². The standard InChI is InChI=1S/C13H12Cl2N6S/c1-6-2-10(17-16-6)12-20-21-11(18-19-13(21)22-12)7-3-8(14)5-9(15)4-7/h3-6,10,16-17H,2H2,1H3. The van der Waals surface area contributed by atoms with Crippen LogP contribution in [0.25, 0.3) is 16.3 Å². The molecule has 0 amide bonds. The van der Waals surface area contributed by atoms with Gasteiger partial charge in [0.2, 0.25) is 4.96 Å². The molecule has 0 radical (unpaired) electrons. The van der Waals surface area contributed by atoms with E-state index in [1.54, 1.807) is 22.7 Å². The largest absolute Gasteiger partial charge is 0.254 e. The number of hydrogen-bond donors (Lipinski definition) is 2. The Balaban J connectivity index is 1.77. The first kappa shape index (κ1) is 14.3. The number of rotatable bonds is 2. The van der Waals surface area contributed by atoms with E-state index < -0.39 is 0 Å². The topological polar surface area (TPSA) is 67.1 Å². The summed E-state index contributed by atoms with van der Waals surface area (Å²) in [6.07, 6.45) is 0.989. The smallest absolute Gasteiger partial charge is 0.235 e. The average molecular weight is 355 g/mol. The minimum atomic E-state index is 0.192. The molecule has 1 saturated heterocycles. The Morgan fingerprint density at radius 2 is 1.95 bits per heavy atom. The van der Waals surface area contributed by atoms with Crippen LogP contribution in [-0.4, -0.2) is 25.9 Å². The monoisotopic (exact) mass is 354 g/mol. The quantitative estimate of drug-likeness (QED) is 0.740. The van der Waals surface area contributed by atoms with E-state index in [2.05, 4.69) is 33.1 Å². The maximum Gasteiger partial charge on any atom is 0.235 e. The van der Waals surface area contributed by atoms with Crippen LogP contribution < -0.4 is 10.9 Å². The molecule has 1 aromatic carbocycles. The van der Waals surface area contributed by atoms with Crippen molar-refractivity contribution in [2.45, 2.75) is 25.4 Å². The number of nitrogens with one attached hydrogen (secondary N) is 2. The number of benzene rings is 1. The minimum absolute atomic E-state index is 0.192. The van der Waals surface area contributed by atoms with Gasteiger partial charge in [-0.15, -0.1) is 10.2 Å². The van der Waals surface area contributed by atoms with Crippen molar-refractivity contribution in [1.82, 2.24) is 30.7 Å². The number of hydrazine groups is 1. The Morgan fingerprint density at radius 3 is 2.64 bits per heavy atom. The van der Waals surface area contributed by atoms with Gasteiger partial charge in [-0.2, -0.15) is 9.61 Å². The van der Waals surface area contributed by atoms with Gasteiger partial charge in [-0.1, -0.05) is 34.5 Å². The molecule has 4 rings (SSSR count). The Hall–Kier alpha value is -1.25. The third-order valence-electron chi connectivity index (χ3n) is 3.52. The molecule has 0 bridgehead atoms. The predicted molar refractivity (Wildman–Crippen MR) is 87.2 cm³/mol. The van der Waals surface area contributed by atoms with E-state index in [1.807, 2.05) is 0 Å². The number of aromatic nitrogens is 4. The lowest BCUT2D eigenvalue weighted by Crippen LogP contribution is -2.28. The second-order valence-electron chi connectivity index (χ2n) is 5.29. The fourth-order valence-electron chi connectivity index (χ4n) is 2.51. The molecule has 1 aliphatic heterocycles. The lowest BCUT2D eigenvalue weighted by Gasteiger charge is -2.03. The molecule has 0 saturated carbocycles. The normalized spacial score (nSPS) is 21.8. The maximum atomic E-state index is 6.07.